The second-order valence-electron chi connectivity index (χ2n) is 5.43. The number of benzene rings is 1. The summed E-state index contributed by atoms with van der Waals surface area (Å²) in [5.74, 6) is 0.955. The van der Waals surface area contributed by atoms with Gasteiger partial charge in [-0.15, -0.1) is 0 Å². The van der Waals surface area contributed by atoms with Crippen LogP contribution >= 0.6 is 15.9 Å². The van der Waals surface area contributed by atoms with Crippen LogP contribution in [0.1, 0.15) is 25.7 Å². The van der Waals surface area contributed by atoms with Crippen LogP contribution in [0, 0.1) is 0 Å². The number of nitrogens with one attached hydrogen (secondary N) is 2. The maximum absolute atomic E-state index is 9.66. The minimum atomic E-state index is -0.539. The molecule has 1 aromatic rings. The van der Waals surface area contributed by atoms with Crippen molar-refractivity contribution >= 4 is 33.5 Å². The third-order valence-corrected chi connectivity index (χ3v) is 4.23. The Morgan fingerprint density at radius 3 is 2.81 bits per heavy atom. The van der Waals surface area contributed by atoms with Crippen molar-refractivity contribution in [3.63, 3.8) is 0 Å². The first-order valence-electron chi connectivity index (χ1n) is 6.98. The number of hydrogen-bond donors (Lipinski definition) is 4. The number of aliphatic hydroxyl groups is 1. The summed E-state index contributed by atoms with van der Waals surface area (Å²) in [4.78, 5) is 9.14. The Balaban J connectivity index is 1.80. The highest BCUT2D eigenvalue weighted by Crippen LogP contribution is 2.34. The molecule has 0 radical (unpaired) electrons. The van der Waals surface area contributed by atoms with Gasteiger partial charge in [0, 0.05) is 10.2 Å². The Morgan fingerprint density at radius 2 is 2.10 bits per heavy atom. The minimum absolute atomic E-state index is 0.251. The van der Waals surface area contributed by atoms with E-state index >= 15 is 0 Å². The molecule has 3 rings (SSSR count). The van der Waals surface area contributed by atoms with E-state index in [1.165, 1.54) is 0 Å². The van der Waals surface area contributed by atoms with Gasteiger partial charge in [-0.2, -0.15) is 0 Å². The lowest BCUT2D eigenvalue weighted by molar-refractivity contribution is 0.0999. The molecule has 7 heteroatoms. The fourth-order valence-electron chi connectivity index (χ4n) is 2.69. The van der Waals surface area contributed by atoms with E-state index in [1.807, 2.05) is 24.3 Å². The van der Waals surface area contributed by atoms with Crippen molar-refractivity contribution in [1.29, 1.82) is 0 Å². The van der Waals surface area contributed by atoms with E-state index in [0.29, 0.717) is 37.6 Å². The summed E-state index contributed by atoms with van der Waals surface area (Å²) >= 11 is 3.44. The van der Waals surface area contributed by atoms with Gasteiger partial charge < -0.3 is 16.2 Å². The predicted octanol–water partition coefficient (Wildman–Crippen LogP) is 1.77. The molecule has 112 valence electrons. The van der Waals surface area contributed by atoms with Crippen LogP contribution in [0.5, 0.6) is 0 Å². The van der Waals surface area contributed by atoms with Crippen molar-refractivity contribution in [3.05, 3.63) is 28.7 Å². The maximum atomic E-state index is 9.66. The van der Waals surface area contributed by atoms with Crippen molar-refractivity contribution in [3.8, 4) is 0 Å². The van der Waals surface area contributed by atoms with E-state index in [1.54, 1.807) is 0 Å². The molecule has 0 aromatic heterocycles. The first kappa shape index (κ1) is 14.3. The second kappa shape index (κ2) is 5.65. The molecule has 1 spiro atoms. The Bertz CT molecular complexity index is 593. The average Bonchev–Trinajstić information content (AvgIpc) is 2.42. The summed E-state index contributed by atoms with van der Waals surface area (Å²) in [7, 11) is 0. The highest BCUT2D eigenvalue weighted by molar-refractivity contribution is 9.10. The molecule has 21 heavy (non-hydrogen) atoms. The van der Waals surface area contributed by atoms with Gasteiger partial charge in [-0.25, -0.2) is 9.98 Å². The second-order valence-corrected chi connectivity index (χ2v) is 6.35. The number of halogens is 1. The molecule has 1 saturated carbocycles. The van der Waals surface area contributed by atoms with Crippen molar-refractivity contribution < 1.29 is 5.11 Å². The molecule has 0 atom stereocenters. The van der Waals surface area contributed by atoms with E-state index < -0.39 is 5.66 Å². The Morgan fingerprint density at radius 1 is 1.33 bits per heavy atom. The lowest BCUT2D eigenvalue weighted by Crippen LogP contribution is -2.50. The number of nitrogens with two attached hydrogens (primary N) is 1. The Labute approximate surface area is 131 Å². The number of aliphatic imine (C=N–C) groups is 2. The molecular weight excluding hydrogens is 334 g/mol. The summed E-state index contributed by atoms with van der Waals surface area (Å²) in [6.45, 7) is 0. The Hall–Kier alpha value is -1.60. The van der Waals surface area contributed by atoms with Gasteiger partial charge in [0.25, 0.3) is 0 Å². The SMILES string of the molecule is NC1=NC2(CCC(O)CC2)N=C(Nc2cccc(Br)c2)N1. The van der Waals surface area contributed by atoms with Crippen LogP contribution in [0.3, 0.4) is 0 Å². The van der Waals surface area contributed by atoms with Gasteiger partial charge in [0.05, 0.1) is 6.10 Å². The standard InChI is InChI=1S/C14H18BrN5O/c15-9-2-1-3-10(8-9)17-13-18-12(16)19-14(20-13)6-4-11(21)5-7-14/h1-3,8,11,21H,4-7H2,(H4,16,17,18,19,20). The summed E-state index contributed by atoms with van der Waals surface area (Å²) < 4.78 is 0.987. The normalized spacial score (nSPS) is 28.6. The molecule has 1 fully saturated rings. The zero-order chi connectivity index (χ0) is 14.9. The monoisotopic (exact) mass is 351 g/mol. The van der Waals surface area contributed by atoms with E-state index in [4.69, 9.17) is 5.73 Å². The molecule has 0 saturated heterocycles. The first-order chi connectivity index (χ1) is 10.0. The van der Waals surface area contributed by atoms with Crippen molar-refractivity contribution in [2.24, 2.45) is 15.7 Å². The van der Waals surface area contributed by atoms with E-state index in [9.17, 15) is 5.11 Å². The van der Waals surface area contributed by atoms with Crippen LogP contribution in [0.15, 0.2) is 38.7 Å². The highest BCUT2D eigenvalue weighted by atomic mass is 79.9. The van der Waals surface area contributed by atoms with Gasteiger partial charge in [-0.3, -0.25) is 5.32 Å². The maximum Gasteiger partial charge on any atom is 0.205 e. The summed E-state index contributed by atoms with van der Waals surface area (Å²) in [5.41, 5.74) is 6.27. The van der Waals surface area contributed by atoms with Crippen molar-refractivity contribution in [2.45, 2.75) is 37.5 Å². The van der Waals surface area contributed by atoms with E-state index in [0.717, 1.165) is 10.2 Å². The summed E-state index contributed by atoms with van der Waals surface area (Å²) in [6, 6.07) is 7.82. The van der Waals surface area contributed by atoms with Crippen LogP contribution in [-0.4, -0.2) is 28.8 Å². The zero-order valence-electron chi connectivity index (χ0n) is 11.5. The minimum Gasteiger partial charge on any atom is -0.393 e. The molecule has 1 aliphatic heterocycles. The van der Waals surface area contributed by atoms with Gasteiger partial charge in [0.15, 0.2) is 11.6 Å². The first-order valence-corrected chi connectivity index (χ1v) is 7.77. The zero-order valence-corrected chi connectivity index (χ0v) is 13.1. The van der Waals surface area contributed by atoms with Gasteiger partial charge in [-0.1, -0.05) is 22.0 Å². The van der Waals surface area contributed by atoms with Gasteiger partial charge in [0.1, 0.15) is 0 Å². The third-order valence-electron chi connectivity index (χ3n) is 3.74. The molecule has 5 N–H and O–H groups in total. The van der Waals surface area contributed by atoms with Gasteiger partial charge in [-0.05, 0) is 43.9 Å². The molecule has 0 unspecified atom stereocenters. The number of guanidine groups is 2. The fourth-order valence-corrected chi connectivity index (χ4v) is 3.08. The summed E-state index contributed by atoms with van der Waals surface area (Å²) in [6.07, 6.45) is 2.56. The summed E-state index contributed by atoms with van der Waals surface area (Å²) in [5, 5.41) is 15.8. The fraction of sp³-hybridized carbons (Fsp3) is 0.429. The van der Waals surface area contributed by atoms with Crippen LogP contribution in [-0.2, 0) is 0 Å². The van der Waals surface area contributed by atoms with Gasteiger partial charge >= 0.3 is 0 Å². The topological polar surface area (TPSA) is 95.0 Å². The highest BCUT2D eigenvalue weighted by Gasteiger charge is 2.37. The Kier molecular flexibility index (Phi) is 3.86. The van der Waals surface area contributed by atoms with E-state index in [2.05, 4.69) is 36.5 Å². The third kappa shape index (κ3) is 3.36. The number of nitrogens with zero attached hydrogens (tertiary/aromatic N) is 2. The lowest BCUT2D eigenvalue weighted by Gasteiger charge is -2.35. The quantitative estimate of drug-likeness (QED) is 0.620. The molecule has 1 aromatic carbocycles. The molecule has 2 aliphatic rings. The number of aliphatic hydroxyl groups excluding tert-OH is 1. The lowest BCUT2D eigenvalue weighted by atomic mass is 9.88. The largest absolute Gasteiger partial charge is 0.393 e. The molecule has 6 nitrogen and oxygen atoms in total. The molecule has 1 aliphatic carbocycles. The molecule has 0 amide bonds. The molecule has 1 heterocycles. The molecular formula is C14H18BrN5O. The smallest absolute Gasteiger partial charge is 0.205 e. The van der Waals surface area contributed by atoms with Crippen molar-refractivity contribution in [1.82, 2.24) is 5.32 Å². The van der Waals surface area contributed by atoms with Crippen LogP contribution in [0.2, 0.25) is 0 Å². The van der Waals surface area contributed by atoms with Crippen LogP contribution in [0.25, 0.3) is 0 Å². The average molecular weight is 352 g/mol. The van der Waals surface area contributed by atoms with E-state index in [-0.39, 0.29) is 6.10 Å². The number of anilines is 1. The molecule has 0 bridgehead atoms. The van der Waals surface area contributed by atoms with Gasteiger partial charge in [0.2, 0.25) is 5.96 Å². The number of rotatable bonds is 1. The predicted molar refractivity (Wildman–Crippen MR) is 87.2 cm³/mol. The van der Waals surface area contributed by atoms with Crippen LogP contribution < -0.4 is 16.4 Å². The van der Waals surface area contributed by atoms with Crippen molar-refractivity contribution in [2.75, 3.05) is 5.32 Å². The van der Waals surface area contributed by atoms with Crippen LogP contribution in [0.4, 0.5) is 5.69 Å². The number of hydrogen-bond acceptors (Lipinski definition) is 6.